The Labute approximate surface area is 169 Å². The lowest BCUT2D eigenvalue weighted by atomic mass is 10.1. The van der Waals surface area contributed by atoms with Crippen LogP contribution in [-0.4, -0.2) is 52.6 Å². The van der Waals surface area contributed by atoms with Crippen molar-refractivity contribution in [2.75, 3.05) is 41.3 Å². The number of hydrogen-bond donors (Lipinski definition) is 2. The molecule has 8 nitrogen and oxygen atoms in total. The summed E-state index contributed by atoms with van der Waals surface area (Å²) in [4.78, 5) is 26.1. The average molecular weight is 391 g/mol. The van der Waals surface area contributed by atoms with E-state index in [1.54, 1.807) is 4.90 Å². The number of carbonyl (C=O) groups is 1. The number of rotatable bonds is 2. The van der Waals surface area contributed by atoms with E-state index < -0.39 is 0 Å². The predicted molar refractivity (Wildman–Crippen MR) is 114 cm³/mol. The van der Waals surface area contributed by atoms with Gasteiger partial charge in [-0.05, 0) is 38.5 Å². The van der Waals surface area contributed by atoms with Crippen LogP contribution >= 0.6 is 0 Å². The normalized spacial score (nSPS) is 18.9. The molecule has 5 rings (SSSR count). The molecular weight excluding hydrogens is 366 g/mol. The van der Waals surface area contributed by atoms with E-state index >= 15 is 0 Å². The van der Waals surface area contributed by atoms with Crippen LogP contribution in [-0.2, 0) is 6.42 Å². The van der Waals surface area contributed by atoms with Crippen LogP contribution in [0, 0.1) is 6.92 Å². The molecule has 5 heterocycles. The third-order valence-electron chi connectivity index (χ3n) is 5.63. The molecule has 0 unspecified atom stereocenters. The van der Waals surface area contributed by atoms with Crippen molar-refractivity contribution in [2.24, 2.45) is 0 Å². The first-order valence-corrected chi connectivity index (χ1v) is 10.1. The Morgan fingerprint density at radius 1 is 1.24 bits per heavy atom. The largest absolute Gasteiger partial charge is 0.368 e. The minimum atomic E-state index is -0.154. The van der Waals surface area contributed by atoms with Gasteiger partial charge in [0.1, 0.15) is 11.5 Å². The number of pyridine rings is 2. The summed E-state index contributed by atoms with van der Waals surface area (Å²) < 4.78 is 1.92. The Balaban J connectivity index is 1.38. The molecule has 0 radical (unpaired) electrons. The Hall–Kier alpha value is -3.13. The van der Waals surface area contributed by atoms with Crippen LogP contribution in [0.5, 0.6) is 0 Å². The summed E-state index contributed by atoms with van der Waals surface area (Å²) in [6.45, 7) is 7.70. The number of fused-ring (bicyclic) bond motifs is 2. The monoisotopic (exact) mass is 391 g/mol. The zero-order valence-electron chi connectivity index (χ0n) is 16.7. The topological polar surface area (TPSA) is 77.8 Å². The average Bonchev–Trinajstić information content (AvgIpc) is 3.30. The minimum Gasteiger partial charge on any atom is -0.368 e. The van der Waals surface area contributed by atoms with Crippen molar-refractivity contribution in [1.29, 1.82) is 0 Å². The molecule has 2 aliphatic rings. The fraction of sp³-hybridized carbons (Fsp3) is 0.381. The Morgan fingerprint density at radius 3 is 3.00 bits per heavy atom. The van der Waals surface area contributed by atoms with Gasteiger partial charge in [-0.3, -0.25) is 4.90 Å². The highest BCUT2D eigenvalue weighted by Crippen LogP contribution is 2.34. The van der Waals surface area contributed by atoms with Crippen LogP contribution in [0.25, 0.3) is 5.65 Å². The van der Waals surface area contributed by atoms with Gasteiger partial charge in [0.25, 0.3) is 0 Å². The molecular formula is C21H25N7O. The first-order chi connectivity index (χ1) is 14.1. The van der Waals surface area contributed by atoms with Crippen LogP contribution in [0.4, 0.5) is 22.0 Å². The van der Waals surface area contributed by atoms with E-state index in [-0.39, 0.29) is 6.03 Å². The van der Waals surface area contributed by atoms with Crippen LogP contribution in [0.2, 0.25) is 0 Å². The number of urea groups is 1. The molecule has 2 amide bonds. The minimum absolute atomic E-state index is 0.154. The smallest absolute Gasteiger partial charge is 0.327 e. The number of carbonyl (C=O) groups excluding carboxylic acids is 1. The molecule has 2 N–H and O–H groups in total. The van der Waals surface area contributed by atoms with Crippen molar-refractivity contribution in [3.63, 3.8) is 0 Å². The van der Waals surface area contributed by atoms with Gasteiger partial charge in [0.15, 0.2) is 0 Å². The molecule has 8 heteroatoms. The predicted octanol–water partition coefficient (Wildman–Crippen LogP) is 2.43. The Kier molecular flexibility index (Phi) is 4.35. The second kappa shape index (κ2) is 7.04. The lowest BCUT2D eigenvalue weighted by Crippen LogP contribution is -2.49. The molecule has 1 fully saturated rings. The highest BCUT2D eigenvalue weighted by atomic mass is 16.2. The quantitative estimate of drug-likeness (QED) is 0.702. The summed E-state index contributed by atoms with van der Waals surface area (Å²) in [5.41, 5.74) is 4.91. The van der Waals surface area contributed by atoms with E-state index in [2.05, 4.69) is 38.5 Å². The van der Waals surface area contributed by atoms with Gasteiger partial charge in [0, 0.05) is 62.1 Å². The maximum absolute atomic E-state index is 13.0. The zero-order chi connectivity index (χ0) is 20.0. The lowest BCUT2D eigenvalue weighted by Gasteiger charge is -2.34. The van der Waals surface area contributed by atoms with Crippen LogP contribution in [0.3, 0.4) is 0 Å². The van der Waals surface area contributed by atoms with Crippen LogP contribution in [0.15, 0.2) is 36.8 Å². The van der Waals surface area contributed by atoms with Gasteiger partial charge >= 0.3 is 6.03 Å². The van der Waals surface area contributed by atoms with E-state index in [1.165, 1.54) is 5.69 Å². The summed E-state index contributed by atoms with van der Waals surface area (Å²) in [7, 11) is 0. The number of nitrogens with zero attached hydrogens (tertiary/aromatic N) is 5. The standard InChI is InChI=1S/C21H25N7O/c1-14-11-26(10-8-22-14)18-5-7-23-20-17(18)6-9-28(20)21(29)25-16-3-4-19-24-15(2)12-27(19)13-16/h3-5,7,12-14,22H,6,8-11H2,1-2H3,(H,25,29)/t14-/m1/s1. The second-order valence-electron chi connectivity index (χ2n) is 7.83. The molecule has 29 heavy (non-hydrogen) atoms. The number of amides is 2. The van der Waals surface area contributed by atoms with Gasteiger partial charge in [-0.15, -0.1) is 0 Å². The van der Waals surface area contributed by atoms with E-state index in [9.17, 15) is 4.79 Å². The zero-order valence-corrected chi connectivity index (χ0v) is 16.7. The summed E-state index contributed by atoms with van der Waals surface area (Å²) in [5.74, 6) is 0.769. The number of hydrogen-bond acceptors (Lipinski definition) is 5. The van der Waals surface area contributed by atoms with Crippen LogP contribution < -0.4 is 20.4 Å². The summed E-state index contributed by atoms with van der Waals surface area (Å²) >= 11 is 0. The van der Waals surface area contributed by atoms with Crippen molar-refractivity contribution >= 4 is 28.9 Å². The van der Waals surface area contributed by atoms with Crippen molar-refractivity contribution in [2.45, 2.75) is 26.3 Å². The number of aromatic nitrogens is 3. The van der Waals surface area contributed by atoms with Gasteiger partial charge in [0.05, 0.1) is 11.4 Å². The Bertz CT molecular complexity index is 1080. The van der Waals surface area contributed by atoms with Crippen molar-refractivity contribution < 1.29 is 4.79 Å². The van der Waals surface area contributed by atoms with E-state index in [4.69, 9.17) is 0 Å². The van der Waals surface area contributed by atoms with E-state index in [0.717, 1.165) is 54.5 Å². The van der Waals surface area contributed by atoms with Gasteiger partial charge in [-0.25, -0.2) is 14.8 Å². The molecule has 0 bridgehead atoms. The molecule has 0 saturated carbocycles. The molecule has 0 spiro atoms. The Morgan fingerprint density at radius 2 is 2.14 bits per heavy atom. The third-order valence-corrected chi connectivity index (χ3v) is 5.63. The summed E-state index contributed by atoms with van der Waals surface area (Å²) in [6.07, 6.45) is 6.46. The number of anilines is 3. The summed E-state index contributed by atoms with van der Waals surface area (Å²) in [6, 6.07) is 6.16. The summed E-state index contributed by atoms with van der Waals surface area (Å²) in [5, 5.41) is 6.49. The highest BCUT2D eigenvalue weighted by molar-refractivity contribution is 6.03. The molecule has 0 aliphatic carbocycles. The van der Waals surface area contributed by atoms with E-state index in [1.807, 2.05) is 42.0 Å². The molecule has 150 valence electrons. The van der Waals surface area contributed by atoms with Gasteiger partial charge in [-0.1, -0.05) is 0 Å². The molecule has 1 atom stereocenters. The van der Waals surface area contributed by atoms with Gasteiger partial charge < -0.3 is 19.9 Å². The molecule has 1 saturated heterocycles. The highest BCUT2D eigenvalue weighted by Gasteiger charge is 2.30. The lowest BCUT2D eigenvalue weighted by molar-refractivity contribution is 0.257. The van der Waals surface area contributed by atoms with Crippen molar-refractivity contribution in [3.8, 4) is 0 Å². The number of imidazole rings is 1. The van der Waals surface area contributed by atoms with Crippen molar-refractivity contribution in [1.82, 2.24) is 19.7 Å². The molecule has 3 aromatic rings. The van der Waals surface area contributed by atoms with Crippen LogP contribution in [0.1, 0.15) is 18.2 Å². The number of aryl methyl sites for hydroxylation is 1. The molecule has 0 aromatic carbocycles. The fourth-order valence-corrected chi connectivity index (χ4v) is 4.30. The van der Waals surface area contributed by atoms with Crippen molar-refractivity contribution in [3.05, 3.63) is 48.0 Å². The van der Waals surface area contributed by atoms with Gasteiger partial charge in [-0.2, -0.15) is 0 Å². The third kappa shape index (κ3) is 3.29. The fourth-order valence-electron chi connectivity index (χ4n) is 4.30. The maximum Gasteiger partial charge on any atom is 0.327 e. The first-order valence-electron chi connectivity index (χ1n) is 10.1. The van der Waals surface area contributed by atoms with Gasteiger partial charge in [0.2, 0.25) is 0 Å². The number of nitrogens with one attached hydrogen (secondary N) is 2. The molecule has 2 aliphatic heterocycles. The second-order valence-corrected chi connectivity index (χ2v) is 7.83. The SMILES string of the molecule is Cc1cn2cc(NC(=O)N3CCc4c(N5CCN[C@H](C)C5)ccnc43)ccc2n1. The number of piperazine rings is 1. The molecule has 3 aromatic heterocycles. The van der Waals surface area contributed by atoms with E-state index in [0.29, 0.717) is 12.6 Å². The first kappa shape index (κ1) is 17.9. The maximum atomic E-state index is 13.0.